The Kier molecular flexibility index (Phi) is 2.23. The van der Waals surface area contributed by atoms with Gasteiger partial charge >= 0.3 is 0 Å². The standard InChI is InChI=1S/C7H5FN2O3/c8-4-1-2-5(7(9)11)6(3-4)10(12)13/h1-3H,(H2,9,11). The molecule has 1 aromatic rings. The molecule has 5 nitrogen and oxygen atoms in total. The molecule has 0 aliphatic rings. The fraction of sp³-hybridized carbons (Fsp3) is 0. The van der Waals surface area contributed by atoms with Gasteiger partial charge in [-0.2, -0.15) is 0 Å². The lowest BCUT2D eigenvalue weighted by molar-refractivity contribution is -0.385. The minimum atomic E-state index is -0.952. The number of nitrogens with zero attached hydrogens (tertiary/aromatic N) is 1. The molecule has 0 atom stereocenters. The Morgan fingerprint density at radius 1 is 1.54 bits per heavy atom. The number of benzene rings is 1. The summed E-state index contributed by atoms with van der Waals surface area (Å²) in [5.74, 6) is -1.73. The molecule has 0 aliphatic heterocycles. The maximum Gasteiger partial charge on any atom is 0.285 e. The van der Waals surface area contributed by atoms with Crippen molar-refractivity contribution >= 4 is 11.6 Å². The number of nitrogens with two attached hydrogens (primary N) is 1. The Balaban J connectivity index is 3.35. The number of halogens is 1. The van der Waals surface area contributed by atoms with Crippen LogP contribution < -0.4 is 5.73 Å². The highest BCUT2D eigenvalue weighted by atomic mass is 19.1. The molecule has 0 saturated carbocycles. The van der Waals surface area contributed by atoms with E-state index in [4.69, 9.17) is 5.73 Å². The molecule has 2 N–H and O–H groups in total. The third kappa shape index (κ3) is 1.78. The van der Waals surface area contributed by atoms with Gasteiger partial charge in [-0.05, 0) is 12.1 Å². The summed E-state index contributed by atoms with van der Waals surface area (Å²) in [5, 5.41) is 10.3. The molecule has 0 bridgehead atoms. The van der Waals surface area contributed by atoms with Gasteiger partial charge in [-0.3, -0.25) is 14.9 Å². The van der Waals surface area contributed by atoms with Gasteiger partial charge in [-0.25, -0.2) is 4.39 Å². The normalized spacial score (nSPS) is 9.62. The van der Waals surface area contributed by atoms with E-state index >= 15 is 0 Å². The quantitative estimate of drug-likeness (QED) is 0.545. The highest BCUT2D eigenvalue weighted by Gasteiger charge is 2.18. The van der Waals surface area contributed by atoms with Gasteiger partial charge in [0.05, 0.1) is 11.0 Å². The molecular formula is C7H5FN2O3. The van der Waals surface area contributed by atoms with Crippen LogP contribution in [-0.4, -0.2) is 10.8 Å². The number of rotatable bonds is 2. The first kappa shape index (κ1) is 9.11. The van der Waals surface area contributed by atoms with Crippen molar-refractivity contribution in [2.75, 3.05) is 0 Å². The first-order chi connectivity index (χ1) is 6.02. The molecule has 6 heteroatoms. The molecule has 0 aromatic heterocycles. The van der Waals surface area contributed by atoms with Crippen molar-refractivity contribution in [2.24, 2.45) is 5.73 Å². The predicted molar refractivity (Wildman–Crippen MR) is 41.6 cm³/mol. The summed E-state index contributed by atoms with van der Waals surface area (Å²) in [6, 6.07) is 2.57. The topological polar surface area (TPSA) is 86.2 Å². The second kappa shape index (κ2) is 3.18. The van der Waals surface area contributed by atoms with Crippen LogP contribution in [0.25, 0.3) is 0 Å². The molecule has 0 unspecified atom stereocenters. The minimum Gasteiger partial charge on any atom is -0.365 e. The van der Waals surface area contributed by atoms with Crippen LogP contribution in [0.3, 0.4) is 0 Å². The molecule has 1 aromatic carbocycles. The largest absolute Gasteiger partial charge is 0.365 e. The van der Waals surface area contributed by atoms with Gasteiger partial charge < -0.3 is 5.73 Å². The summed E-state index contributed by atoms with van der Waals surface area (Å²) in [6.07, 6.45) is 0. The summed E-state index contributed by atoms with van der Waals surface area (Å²) >= 11 is 0. The second-order valence-electron chi connectivity index (χ2n) is 2.28. The number of nitro benzene ring substituents is 1. The lowest BCUT2D eigenvalue weighted by Crippen LogP contribution is -2.13. The average Bonchev–Trinajstić information content (AvgIpc) is 2.03. The zero-order chi connectivity index (χ0) is 10.0. The molecule has 13 heavy (non-hydrogen) atoms. The molecule has 0 fully saturated rings. The highest BCUT2D eigenvalue weighted by molar-refractivity contribution is 5.96. The molecule has 0 heterocycles. The first-order valence-electron chi connectivity index (χ1n) is 3.26. The third-order valence-electron chi connectivity index (χ3n) is 1.42. The van der Waals surface area contributed by atoms with Crippen LogP contribution in [0.2, 0.25) is 0 Å². The fourth-order valence-corrected chi connectivity index (χ4v) is 0.864. The molecular weight excluding hydrogens is 179 g/mol. The van der Waals surface area contributed by atoms with E-state index in [9.17, 15) is 19.3 Å². The van der Waals surface area contributed by atoms with Crippen LogP contribution in [0.5, 0.6) is 0 Å². The van der Waals surface area contributed by atoms with E-state index in [2.05, 4.69) is 0 Å². The number of amides is 1. The number of nitro groups is 1. The van der Waals surface area contributed by atoms with E-state index in [1.807, 2.05) is 0 Å². The summed E-state index contributed by atoms with van der Waals surface area (Å²) < 4.78 is 12.5. The lowest BCUT2D eigenvalue weighted by atomic mass is 10.1. The Morgan fingerprint density at radius 2 is 2.15 bits per heavy atom. The highest BCUT2D eigenvalue weighted by Crippen LogP contribution is 2.18. The SMILES string of the molecule is NC(=O)c1ccc(F)cc1[N+](=O)[O-]. The molecule has 1 rings (SSSR count). The fourth-order valence-electron chi connectivity index (χ4n) is 0.864. The molecule has 0 aliphatic carbocycles. The van der Waals surface area contributed by atoms with Crippen LogP contribution in [0.15, 0.2) is 18.2 Å². The van der Waals surface area contributed by atoms with Crippen LogP contribution in [0.4, 0.5) is 10.1 Å². The van der Waals surface area contributed by atoms with Crippen LogP contribution >= 0.6 is 0 Å². The van der Waals surface area contributed by atoms with E-state index < -0.39 is 22.3 Å². The number of hydrogen-bond donors (Lipinski definition) is 1. The molecule has 1 amide bonds. The van der Waals surface area contributed by atoms with E-state index in [1.165, 1.54) is 0 Å². The van der Waals surface area contributed by atoms with Crippen molar-refractivity contribution in [1.29, 1.82) is 0 Å². The minimum absolute atomic E-state index is 0.300. The molecule has 0 spiro atoms. The maximum atomic E-state index is 12.5. The number of hydrogen-bond acceptors (Lipinski definition) is 3. The van der Waals surface area contributed by atoms with Crippen molar-refractivity contribution in [2.45, 2.75) is 0 Å². The third-order valence-corrected chi connectivity index (χ3v) is 1.42. The van der Waals surface area contributed by atoms with Gasteiger partial charge in [0.15, 0.2) is 0 Å². The first-order valence-corrected chi connectivity index (χ1v) is 3.26. The van der Waals surface area contributed by atoms with E-state index in [0.29, 0.717) is 6.07 Å². The van der Waals surface area contributed by atoms with Gasteiger partial charge in [-0.1, -0.05) is 0 Å². The van der Waals surface area contributed by atoms with E-state index in [1.54, 1.807) is 0 Å². The van der Waals surface area contributed by atoms with Crippen LogP contribution in [0.1, 0.15) is 10.4 Å². The number of primary amides is 1. The maximum absolute atomic E-state index is 12.5. The smallest absolute Gasteiger partial charge is 0.285 e. The van der Waals surface area contributed by atoms with E-state index in [-0.39, 0.29) is 5.56 Å². The van der Waals surface area contributed by atoms with Crippen molar-refractivity contribution < 1.29 is 14.1 Å². The molecule has 68 valence electrons. The van der Waals surface area contributed by atoms with E-state index in [0.717, 1.165) is 12.1 Å². The second-order valence-corrected chi connectivity index (χ2v) is 2.28. The van der Waals surface area contributed by atoms with Gasteiger partial charge in [0.1, 0.15) is 11.4 Å². The van der Waals surface area contributed by atoms with Crippen molar-refractivity contribution in [3.05, 3.63) is 39.7 Å². The van der Waals surface area contributed by atoms with Gasteiger partial charge in [-0.15, -0.1) is 0 Å². The summed E-state index contributed by atoms with van der Waals surface area (Å²) in [6.45, 7) is 0. The summed E-state index contributed by atoms with van der Waals surface area (Å²) in [4.78, 5) is 20.1. The van der Waals surface area contributed by atoms with Crippen LogP contribution in [-0.2, 0) is 0 Å². The zero-order valence-corrected chi connectivity index (χ0v) is 6.36. The Labute approximate surface area is 72.1 Å². The summed E-state index contributed by atoms with van der Waals surface area (Å²) in [7, 11) is 0. The van der Waals surface area contributed by atoms with Crippen molar-refractivity contribution in [3.63, 3.8) is 0 Å². The molecule has 0 saturated heterocycles. The monoisotopic (exact) mass is 184 g/mol. The zero-order valence-electron chi connectivity index (χ0n) is 6.36. The van der Waals surface area contributed by atoms with Gasteiger partial charge in [0.25, 0.3) is 11.6 Å². The Bertz CT molecular complexity index is 378. The number of carbonyl (C=O) groups is 1. The summed E-state index contributed by atoms with van der Waals surface area (Å²) in [5.41, 5.74) is 3.92. The average molecular weight is 184 g/mol. The molecule has 0 radical (unpaired) electrons. The number of carbonyl (C=O) groups excluding carboxylic acids is 1. The van der Waals surface area contributed by atoms with Crippen molar-refractivity contribution in [3.8, 4) is 0 Å². The van der Waals surface area contributed by atoms with Gasteiger partial charge in [0, 0.05) is 0 Å². The predicted octanol–water partition coefficient (Wildman–Crippen LogP) is 0.833. The van der Waals surface area contributed by atoms with Gasteiger partial charge in [0.2, 0.25) is 0 Å². The van der Waals surface area contributed by atoms with Crippen LogP contribution in [0, 0.1) is 15.9 Å². The Hall–Kier alpha value is -1.98. The Morgan fingerprint density at radius 3 is 2.62 bits per heavy atom. The lowest BCUT2D eigenvalue weighted by Gasteiger charge is -1.97. The van der Waals surface area contributed by atoms with Crippen molar-refractivity contribution in [1.82, 2.24) is 0 Å².